The van der Waals surface area contributed by atoms with Gasteiger partial charge in [0.15, 0.2) is 5.82 Å². The van der Waals surface area contributed by atoms with Gasteiger partial charge in [-0.2, -0.15) is 5.10 Å². The predicted molar refractivity (Wildman–Crippen MR) is 82.5 cm³/mol. The van der Waals surface area contributed by atoms with Gasteiger partial charge in [0.25, 0.3) is 0 Å². The van der Waals surface area contributed by atoms with Crippen molar-refractivity contribution in [3.8, 4) is 11.3 Å². The summed E-state index contributed by atoms with van der Waals surface area (Å²) in [7, 11) is 0. The zero-order valence-corrected chi connectivity index (χ0v) is 12.5. The van der Waals surface area contributed by atoms with Crippen LogP contribution in [0.3, 0.4) is 0 Å². The molecular formula is C16H18F2N4O. The number of carbonyl (C=O) groups is 1. The normalized spacial score (nSPS) is 20.7. The van der Waals surface area contributed by atoms with Gasteiger partial charge >= 0.3 is 0 Å². The summed E-state index contributed by atoms with van der Waals surface area (Å²) >= 11 is 0. The number of rotatable bonds is 4. The van der Waals surface area contributed by atoms with Gasteiger partial charge in [0.2, 0.25) is 5.91 Å². The molecule has 122 valence electrons. The Morgan fingerprint density at radius 3 is 2.65 bits per heavy atom. The summed E-state index contributed by atoms with van der Waals surface area (Å²) in [6.07, 6.45) is 3.33. The third-order valence-corrected chi connectivity index (χ3v) is 4.18. The van der Waals surface area contributed by atoms with E-state index in [1.54, 1.807) is 6.07 Å². The highest BCUT2D eigenvalue weighted by Gasteiger charge is 2.26. The molecule has 1 fully saturated rings. The lowest BCUT2D eigenvalue weighted by Gasteiger charge is -2.13. The fraction of sp³-hybridized carbons (Fsp3) is 0.375. The topological polar surface area (TPSA) is 83.8 Å². The van der Waals surface area contributed by atoms with Crippen molar-refractivity contribution in [1.82, 2.24) is 10.2 Å². The zero-order chi connectivity index (χ0) is 16.4. The molecule has 7 heteroatoms. The molecule has 1 aromatic heterocycles. The first-order valence-electron chi connectivity index (χ1n) is 7.58. The first-order valence-corrected chi connectivity index (χ1v) is 7.58. The van der Waals surface area contributed by atoms with Crippen molar-refractivity contribution in [1.29, 1.82) is 0 Å². The Morgan fingerprint density at radius 1 is 1.26 bits per heavy atom. The fourth-order valence-corrected chi connectivity index (χ4v) is 2.99. The molecule has 5 nitrogen and oxygen atoms in total. The van der Waals surface area contributed by atoms with E-state index in [2.05, 4.69) is 15.5 Å². The van der Waals surface area contributed by atoms with Crippen molar-refractivity contribution < 1.29 is 13.6 Å². The Morgan fingerprint density at radius 2 is 2.00 bits per heavy atom. The lowest BCUT2D eigenvalue weighted by atomic mass is 10.00. The van der Waals surface area contributed by atoms with Gasteiger partial charge in [-0.15, -0.1) is 0 Å². The quantitative estimate of drug-likeness (QED) is 0.810. The van der Waals surface area contributed by atoms with Crippen molar-refractivity contribution in [3.05, 3.63) is 35.9 Å². The SMILES string of the molecule is N[C@@H]1CCC[C@H]1CC(=O)Nc1cc(-c2cc(F)cc(F)c2)[nH]n1. The van der Waals surface area contributed by atoms with E-state index in [4.69, 9.17) is 5.73 Å². The Kier molecular flexibility index (Phi) is 4.38. The number of anilines is 1. The van der Waals surface area contributed by atoms with Crippen LogP contribution in [0.15, 0.2) is 24.3 Å². The number of amides is 1. The number of aromatic nitrogens is 2. The highest BCUT2D eigenvalue weighted by Crippen LogP contribution is 2.27. The van der Waals surface area contributed by atoms with Crippen LogP contribution in [0.4, 0.5) is 14.6 Å². The lowest BCUT2D eigenvalue weighted by molar-refractivity contribution is -0.117. The molecule has 1 aromatic carbocycles. The first-order chi connectivity index (χ1) is 11.0. The van der Waals surface area contributed by atoms with Crippen LogP contribution < -0.4 is 11.1 Å². The van der Waals surface area contributed by atoms with E-state index in [1.807, 2.05) is 0 Å². The summed E-state index contributed by atoms with van der Waals surface area (Å²) in [6.45, 7) is 0. The molecule has 1 aliphatic rings. The average molecular weight is 320 g/mol. The zero-order valence-electron chi connectivity index (χ0n) is 12.5. The van der Waals surface area contributed by atoms with Crippen molar-refractivity contribution in [3.63, 3.8) is 0 Å². The second-order valence-corrected chi connectivity index (χ2v) is 5.93. The molecule has 1 amide bonds. The van der Waals surface area contributed by atoms with Crippen molar-refractivity contribution in [2.45, 2.75) is 31.7 Å². The van der Waals surface area contributed by atoms with Crippen LogP contribution in [0.1, 0.15) is 25.7 Å². The molecule has 2 aromatic rings. The van der Waals surface area contributed by atoms with E-state index < -0.39 is 11.6 Å². The van der Waals surface area contributed by atoms with Crippen molar-refractivity contribution in [2.75, 3.05) is 5.32 Å². The molecule has 0 saturated heterocycles. The summed E-state index contributed by atoms with van der Waals surface area (Å²) in [6, 6.07) is 4.80. The van der Waals surface area contributed by atoms with Crippen LogP contribution >= 0.6 is 0 Å². The summed E-state index contributed by atoms with van der Waals surface area (Å²) in [5.41, 5.74) is 6.71. The van der Waals surface area contributed by atoms with Gasteiger partial charge in [-0.3, -0.25) is 9.89 Å². The average Bonchev–Trinajstić information content (AvgIpc) is 3.08. The number of benzene rings is 1. The molecule has 0 aliphatic heterocycles. The number of carbonyl (C=O) groups excluding carboxylic acids is 1. The third-order valence-electron chi connectivity index (χ3n) is 4.18. The molecule has 1 aliphatic carbocycles. The number of nitrogens with one attached hydrogen (secondary N) is 2. The Hall–Kier alpha value is -2.28. The number of nitrogens with zero attached hydrogens (tertiary/aromatic N) is 1. The number of hydrogen-bond donors (Lipinski definition) is 3. The van der Waals surface area contributed by atoms with Gasteiger partial charge in [-0.05, 0) is 30.9 Å². The van der Waals surface area contributed by atoms with Gasteiger partial charge in [-0.25, -0.2) is 8.78 Å². The molecule has 4 N–H and O–H groups in total. The molecule has 0 bridgehead atoms. The van der Waals surface area contributed by atoms with Crippen molar-refractivity contribution in [2.24, 2.45) is 11.7 Å². The maximum absolute atomic E-state index is 13.2. The highest BCUT2D eigenvalue weighted by atomic mass is 19.1. The number of nitrogens with two attached hydrogens (primary N) is 1. The van der Waals surface area contributed by atoms with E-state index in [0.717, 1.165) is 25.3 Å². The minimum atomic E-state index is -0.671. The molecule has 1 saturated carbocycles. The van der Waals surface area contributed by atoms with Crippen molar-refractivity contribution >= 4 is 11.7 Å². The maximum atomic E-state index is 13.2. The summed E-state index contributed by atoms with van der Waals surface area (Å²) in [5.74, 6) is -0.978. The molecule has 2 atom stereocenters. The number of halogens is 2. The largest absolute Gasteiger partial charge is 0.327 e. The first kappa shape index (κ1) is 15.6. The molecule has 0 unspecified atom stereocenters. The van der Waals surface area contributed by atoms with Gasteiger partial charge < -0.3 is 11.1 Å². The molecule has 1 heterocycles. The van der Waals surface area contributed by atoms with E-state index in [-0.39, 0.29) is 17.9 Å². The van der Waals surface area contributed by atoms with Crippen LogP contribution in [-0.2, 0) is 4.79 Å². The molecule has 3 rings (SSSR count). The minimum absolute atomic E-state index is 0.0748. The van der Waals surface area contributed by atoms with Crippen LogP contribution in [0, 0.1) is 17.6 Å². The highest BCUT2D eigenvalue weighted by molar-refractivity contribution is 5.90. The van der Waals surface area contributed by atoms with Crippen LogP contribution in [-0.4, -0.2) is 22.1 Å². The molecular weight excluding hydrogens is 302 g/mol. The lowest BCUT2D eigenvalue weighted by Crippen LogP contribution is -2.28. The van der Waals surface area contributed by atoms with Gasteiger partial charge in [0.05, 0.1) is 5.69 Å². The number of H-pyrrole nitrogens is 1. The second-order valence-electron chi connectivity index (χ2n) is 5.93. The van der Waals surface area contributed by atoms with Gasteiger partial charge in [0.1, 0.15) is 11.6 Å². The Labute approximate surface area is 132 Å². The van der Waals surface area contributed by atoms with Gasteiger partial charge in [0, 0.05) is 30.2 Å². The van der Waals surface area contributed by atoms with E-state index in [1.165, 1.54) is 12.1 Å². The number of hydrogen-bond acceptors (Lipinski definition) is 3. The monoisotopic (exact) mass is 320 g/mol. The minimum Gasteiger partial charge on any atom is -0.327 e. The second kappa shape index (κ2) is 6.45. The van der Waals surface area contributed by atoms with E-state index in [9.17, 15) is 13.6 Å². The summed E-state index contributed by atoms with van der Waals surface area (Å²) < 4.78 is 26.5. The summed E-state index contributed by atoms with van der Waals surface area (Å²) in [5, 5.41) is 9.30. The summed E-state index contributed by atoms with van der Waals surface area (Å²) in [4.78, 5) is 12.0. The Balaban J connectivity index is 1.66. The molecule has 0 radical (unpaired) electrons. The maximum Gasteiger partial charge on any atom is 0.225 e. The van der Waals surface area contributed by atoms with E-state index >= 15 is 0 Å². The van der Waals surface area contributed by atoms with Crippen LogP contribution in [0.25, 0.3) is 11.3 Å². The van der Waals surface area contributed by atoms with Gasteiger partial charge in [-0.1, -0.05) is 6.42 Å². The fourth-order valence-electron chi connectivity index (χ4n) is 2.99. The molecule has 23 heavy (non-hydrogen) atoms. The number of aromatic amines is 1. The Bertz CT molecular complexity index is 696. The molecule has 0 spiro atoms. The smallest absolute Gasteiger partial charge is 0.225 e. The predicted octanol–water partition coefficient (Wildman–Crippen LogP) is 2.81. The van der Waals surface area contributed by atoms with Crippen LogP contribution in [0.5, 0.6) is 0 Å². The van der Waals surface area contributed by atoms with Crippen LogP contribution in [0.2, 0.25) is 0 Å². The standard InChI is InChI=1S/C16H18F2N4O/c17-11-4-10(5-12(18)7-11)14-8-15(22-21-14)20-16(23)6-9-2-1-3-13(9)19/h4-5,7-9,13H,1-3,6,19H2,(H2,20,21,22,23)/t9-,13+/m0/s1. The third kappa shape index (κ3) is 3.73. The van der Waals surface area contributed by atoms with E-state index in [0.29, 0.717) is 23.5 Å².